The molecule has 0 bridgehead atoms. The second-order valence-electron chi connectivity index (χ2n) is 6.80. The highest BCUT2D eigenvalue weighted by atomic mass is 79.9. The van der Waals surface area contributed by atoms with Gasteiger partial charge in [-0.05, 0) is 55.7 Å². The fourth-order valence-electron chi connectivity index (χ4n) is 3.15. The monoisotopic (exact) mass is 426 g/mol. The van der Waals surface area contributed by atoms with Crippen LogP contribution in [0.25, 0.3) is 11.3 Å². The lowest BCUT2D eigenvalue weighted by Gasteiger charge is -2.14. The summed E-state index contributed by atoms with van der Waals surface area (Å²) in [7, 11) is 1.62. The van der Waals surface area contributed by atoms with Gasteiger partial charge in [0.15, 0.2) is 5.76 Å². The number of aromatic nitrogens is 1. The minimum absolute atomic E-state index is 0.0431. The Hall–Kier alpha value is -2.60. The van der Waals surface area contributed by atoms with E-state index in [0.29, 0.717) is 11.5 Å². The molecule has 1 fully saturated rings. The number of benzene rings is 2. The fourth-order valence-corrected chi connectivity index (χ4v) is 3.62. The Balaban J connectivity index is 1.57. The maximum atomic E-state index is 13.0. The van der Waals surface area contributed by atoms with Crippen molar-refractivity contribution in [3.8, 4) is 17.1 Å². The first-order chi connectivity index (χ1) is 13.0. The quantitative estimate of drug-likeness (QED) is 0.616. The van der Waals surface area contributed by atoms with Crippen LogP contribution in [0.5, 0.6) is 5.75 Å². The molecule has 5 nitrogen and oxygen atoms in total. The van der Waals surface area contributed by atoms with Crippen molar-refractivity contribution in [2.24, 2.45) is 0 Å². The van der Waals surface area contributed by atoms with E-state index in [1.165, 1.54) is 0 Å². The van der Waals surface area contributed by atoms with Crippen LogP contribution in [-0.2, 0) is 10.2 Å². The molecule has 1 aromatic heterocycles. The lowest BCUT2D eigenvalue weighted by atomic mass is 10.00. The zero-order chi connectivity index (χ0) is 19.0. The van der Waals surface area contributed by atoms with E-state index in [1.807, 2.05) is 55.5 Å². The number of methoxy groups -OCH3 is 1. The summed E-state index contributed by atoms with van der Waals surface area (Å²) in [6.07, 6.45) is 1.52. The van der Waals surface area contributed by atoms with Gasteiger partial charge in [-0.2, -0.15) is 0 Å². The van der Waals surface area contributed by atoms with Gasteiger partial charge in [0.25, 0.3) is 0 Å². The summed E-state index contributed by atoms with van der Waals surface area (Å²) in [5.74, 6) is 1.33. The summed E-state index contributed by atoms with van der Waals surface area (Å²) in [6.45, 7) is 1.97. The number of rotatable bonds is 5. The number of halogens is 1. The van der Waals surface area contributed by atoms with Crippen LogP contribution in [0.3, 0.4) is 0 Å². The van der Waals surface area contributed by atoms with Crippen LogP contribution in [0.2, 0.25) is 0 Å². The molecule has 0 atom stereocenters. The first kappa shape index (κ1) is 17.8. The number of nitrogens with zero attached hydrogens (tertiary/aromatic N) is 1. The third kappa shape index (κ3) is 3.37. The summed E-state index contributed by atoms with van der Waals surface area (Å²) in [5, 5.41) is 7.24. The van der Waals surface area contributed by atoms with Crippen molar-refractivity contribution in [2.75, 3.05) is 12.4 Å². The SMILES string of the molecule is COc1cccc(-c2cc(C3(C(=O)Nc4ccc(Br)cc4C)CC3)no2)c1. The van der Waals surface area contributed by atoms with E-state index < -0.39 is 5.41 Å². The Labute approximate surface area is 165 Å². The Morgan fingerprint density at radius 2 is 2.04 bits per heavy atom. The minimum atomic E-state index is -0.611. The summed E-state index contributed by atoms with van der Waals surface area (Å²) < 4.78 is 11.8. The van der Waals surface area contributed by atoms with Gasteiger partial charge in [-0.15, -0.1) is 0 Å². The Morgan fingerprint density at radius 3 is 2.74 bits per heavy atom. The lowest BCUT2D eigenvalue weighted by molar-refractivity contribution is -0.118. The minimum Gasteiger partial charge on any atom is -0.497 e. The molecule has 138 valence electrons. The van der Waals surface area contributed by atoms with Gasteiger partial charge in [0.05, 0.1) is 18.2 Å². The van der Waals surface area contributed by atoms with Gasteiger partial charge in [-0.1, -0.05) is 33.2 Å². The highest BCUT2D eigenvalue weighted by Crippen LogP contribution is 2.49. The van der Waals surface area contributed by atoms with E-state index in [0.717, 1.165) is 39.9 Å². The van der Waals surface area contributed by atoms with Gasteiger partial charge in [0.2, 0.25) is 5.91 Å². The molecule has 1 saturated carbocycles. The van der Waals surface area contributed by atoms with E-state index in [2.05, 4.69) is 26.4 Å². The number of ether oxygens (including phenoxy) is 1. The van der Waals surface area contributed by atoms with E-state index in [9.17, 15) is 4.79 Å². The van der Waals surface area contributed by atoms with Gasteiger partial charge in [-0.3, -0.25) is 4.79 Å². The zero-order valence-corrected chi connectivity index (χ0v) is 16.7. The second-order valence-corrected chi connectivity index (χ2v) is 7.72. The van der Waals surface area contributed by atoms with E-state index >= 15 is 0 Å². The van der Waals surface area contributed by atoms with Crippen LogP contribution in [0.4, 0.5) is 5.69 Å². The van der Waals surface area contributed by atoms with Crippen LogP contribution >= 0.6 is 15.9 Å². The number of anilines is 1. The average Bonchev–Trinajstić information content (AvgIpc) is 3.34. The molecule has 6 heteroatoms. The molecule has 0 unspecified atom stereocenters. The second kappa shape index (κ2) is 6.85. The lowest BCUT2D eigenvalue weighted by Crippen LogP contribution is -2.28. The number of nitrogens with one attached hydrogen (secondary N) is 1. The molecule has 4 rings (SSSR count). The molecule has 0 saturated heterocycles. The maximum Gasteiger partial charge on any atom is 0.236 e. The number of carbonyl (C=O) groups is 1. The number of aryl methyl sites for hydroxylation is 1. The molecule has 3 aromatic rings. The molecule has 1 aliphatic rings. The highest BCUT2D eigenvalue weighted by Gasteiger charge is 2.54. The first-order valence-electron chi connectivity index (χ1n) is 8.71. The largest absolute Gasteiger partial charge is 0.497 e. The zero-order valence-electron chi connectivity index (χ0n) is 15.1. The molecule has 1 heterocycles. The van der Waals surface area contributed by atoms with E-state index in [-0.39, 0.29) is 5.91 Å². The van der Waals surface area contributed by atoms with Gasteiger partial charge >= 0.3 is 0 Å². The number of amides is 1. The van der Waals surface area contributed by atoms with Crippen molar-refractivity contribution >= 4 is 27.5 Å². The molecular weight excluding hydrogens is 408 g/mol. The van der Waals surface area contributed by atoms with Crippen LogP contribution < -0.4 is 10.1 Å². The van der Waals surface area contributed by atoms with Crippen LogP contribution in [0, 0.1) is 6.92 Å². The van der Waals surface area contributed by atoms with Crippen molar-refractivity contribution in [3.63, 3.8) is 0 Å². The topological polar surface area (TPSA) is 64.4 Å². The van der Waals surface area contributed by atoms with Crippen molar-refractivity contribution in [1.82, 2.24) is 5.16 Å². The van der Waals surface area contributed by atoms with Gasteiger partial charge in [0, 0.05) is 21.8 Å². The van der Waals surface area contributed by atoms with Crippen molar-refractivity contribution < 1.29 is 14.1 Å². The van der Waals surface area contributed by atoms with Gasteiger partial charge in [0.1, 0.15) is 5.75 Å². The summed E-state index contributed by atoms with van der Waals surface area (Å²) in [6, 6.07) is 15.2. The number of hydrogen-bond acceptors (Lipinski definition) is 4. The predicted molar refractivity (Wildman–Crippen MR) is 107 cm³/mol. The molecular formula is C21H19BrN2O3. The van der Waals surface area contributed by atoms with Gasteiger partial charge in [-0.25, -0.2) is 0 Å². The number of carbonyl (C=O) groups excluding carboxylic acids is 1. The van der Waals surface area contributed by atoms with Crippen molar-refractivity contribution in [3.05, 3.63) is 64.3 Å². The summed E-state index contributed by atoms with van der Waals surface area (Å²) in [4.78, 5) is 13.0. The summed E-state index contributed by atoms with van der Waals surface area (Å²) in [5.41, 5.74) is 2.75. The Kier molecular flexibility index (Phi) is 4.52. The Morgan fingerprint density at radius 1 is 1.22 bits per heavy atom. The maximum absolute atomic E-state index is 13.0. The number of hydrogen-bond donors (Lipinski definition) is 1. The predicted octanol–water partition coefficient (Wildman–Crippen LogP) is 5.09. The molecule has 27 heavy (non-hydrogen) atoms. The van der Waals surface area contributed by atoms with Crippen LogP contribution in [0.1, 0.15) is 24.1 Å². The van der Waals surface area contributed by atoms with Gasteiger partial charge < -0.3 is 14.6 Å². The molecule has 0 aliphatic heterocycles. The van der Waals surface area contributed by atoms with E-state index in [4.69, 9.17) is 9.26 Å². The van der Waals surface area contributed by atoms with Crippen LogP contribution in [0.15, 0.2) is 57.5 Å². The molecule has 0 radical (unpaired) electrons. The highest BCUT2D eigenvalue weighted by molar-refractivity contribution is 9.10. The molecule has 1 N–H and O–H groups in total. The third-order valence-electron chi connectivity index (χ3n) is 4.98. The first-order valence-corrected chi connectivity index (χ1v) is 9.50. The Bertz CT molecular complexity index is 1010. The molecule has 1 aliphatic carbocycles. The smallest absolute Gasteiger partial charge is 0.236 e. The fraction of sp³-hybridized carbons (Fsp3) is 0.238. The summed E-state index contributed by atoms with van der Waals surface area (Å²) >= 11 is 3.44. The molecule has 0 spiro atoms. The van der Waals surface area contributed by atoms with Crippen molar-refractivity contribution in [2.45, 2.75) is 25.2 Å². The van der Waals surface area contributed by atoms with Crippen LogP contribution in [-0.4, -0.2) is 18.2 Å². The van der Waals surface area contributed by atoms with E-state index in [1.54, 1.807) is 7.11 Å². The molecule has 1 amide bonds. The average molecular weight is 427 g/mol. The normalized spacial score (nSPS) is 14.6. The molecule has 2 aromatic carbocycles. The third-order valence-corrected chi connectivity index (χ3v) is 5.47. The standard InChI is InChI=1S/C21H19BrN2O3/c1-13-10-15(22)6-7-17(13)23-20(25)21(8-9-21)19-12-18(27-24-19)14-4-3-5-16(11-14)26-2/h3-7,10-12H,8-9H2,1-2H3,(H,23,25). The van der Waals surface area contributed by atoms with Crippen molar-refractivity contribution in [1.29, 1.82) is 0 Å².